The van der Waals surface area contributed by atoms with E-state index in [2.05, 4.69) is 26.8 Å². The molecule has 0 atom stereocenters. The summed E-state index contributed by atoms with van der Waals surface area (Å²) < 4.78 is 0. The molecule has 0 saturated carbocycles. The Labute approximate surface area is 192 Å². The van der Waals surface area contributed by atoms with Gasteiger partial charge in [-0.1, -0.05) is 11.6 Å². The fourth-order valence-electron chi connectivity index (χ4n) is 3.48. The summed E-state index contributed by atoms with van der Waals surface area (Å²) in [5, 5.41) is 25.5. The standard InChI is InChI=1S/C17H26ClN3OS.C4H4O4/c18-15-2-3-17-16(14-15)21(11-13-23-17)5-1-4-19-6-8-20(9-7-19)10-12-22;5-3(6)1-2-4(7)8/h2-3,14,22H,1,4-13H2;1-2H,(H,5,6)(H,7,8)/b;2-1-. The van der Waals surface area contributed by atoms with Gasteiger partial charge in [-0.15, -0.1) is 11.8 Å². The highest BCUT2D eigenvalue weighted by Crippen LogP contribution is 2.36. The molecule has 0 aromatic heterocycles. The molecule has 1 fully saturated rings. The molecular weight excluding hydrogens is 442 g/mol. The molecule has 0 unspecified atom stereocenters. The first-order valence-corrected chi connectivity index (χ1v) is 11.6. The molecule has 0 radical (unpaired) electrons. The Bertz CT molecular complexity index is 741. The third-order valence-electron chi connectivity index (χ3n) is 5.03. The molecule has 2 aliphatic heterocycles. The summed E-state index contributed by atoms with van der Waals surface area (Å²) in [4.78, 5) is 27.8. The number of carboxylic acid groups (broad SMARTS) is 2. The van der Waals surface area contributed by atoms with E-state index in [1.54, 1.807) is 0 Å². The van der Waals surface area contributed by atoms with E-state index in [1.165, 1.54) is 17.0 Å². The Balaban J connectivity index is 0.000000366. The molecule has 10 heteroatoms. The molecule has 1 saturated heterocycles. The van der Waals surface area contributed by atoms with E-state index in [-0.39, 0.29) is 6.61 Å². The lowest BCUT2D eigenvalue weighted by molar-refractivity contribution is -0.134. The second-order valence-corrected chi connectivity index (χ2v) is 8.79. The molecule has 172 valence electrons. The number of hydrogen-bond donors (Lipinski definition) is 3. The summed E-state index contributed by atoms with van der Waals surface area (Å²) in [6, 6.07) is 6.24. The molecule has 1 aromatic rings. The van der Waals surface area contributed by atoms with Crippen LogP contribution in [0.2, 0.25) is 5.02 Å². The predicted octanol–water partition coefficient (Wildman–Crippen LogP) is 1.96. The van der Waals surface area contributed by atoms with Gasteiger partial charge in [0.1, 0.15) is 0 Å². The molecule has 8 nitrogen and oxygen atoms in total. The highest BCUT2D eigenvalue weighted by atomic mass is 35.5. The molecule has 3 rings (SSSR count). The van der Waals surface area contributed by atoms with Gasteiger partial charge in [-0.25, -0.2) is 9.59 Å². The monoisotopic (exact) mass is 471 g/mol. The molecule has 2 aliphatic rings. The van der Waals surface area contributed by atoms with Gasteiger partial charge >= 0.3 is 11.9 Å². The van der Waals surface area contributed by atoms with Gasteiger partial charge in [0.15, 0.2) is 0 Å². The molecule has 0 aliphatic carbocycles. The van der Waals surface area contributed by atoms with E-state index in [9.17, 15) is 9.59 Å². The third kappa shape index (κ3) is 9.49. The van der Waals surface area contributed by atoms with Crippen molar-refractivity contribution < 1.29 is 24.9 Å². The predicted molar refractivity (Wildman–Crippen MR) is 123 cm³/mol. The fourth-order valence-corrected chi connectivity index (χ4v) is 4.68. The number of β-amino-alcohol motifs (C(OH)–C–C–N with tert-alkyl or cyclic N) is 1. The van der Waals surface area contributed by atoms with Crippen molar-refractivity contribution in [1.82, 2.24) is 9.80 Å². The number of anilines is 1. The summed E-state index contributed by atoms with van der Waals surface area (Å²) in [5.74, 6) is -1.35. The van der Waals surface area contributed by atoms with Crippen LogP contribution in [0.25, 0.3) is 0 Å². The van der Waals surface area contributed by atoms with Gasteiger partial charge in [-0.3, -0.25) is 4.90 Å². The van der Waals surface area contributed by atoms with Crippen molar-refractivity contribution in [2.24, 2.45) is 0 Å². The van der Waals surface area contributed by atoms with Crippen LogP contribution in [0.5, 0.6) is 0 Å². The Hall–Kier alpha value is -1.78. The summed E-state index contributed by atoms with van der Waals surface area (Å²) in [6.45, 7) is 8.88. The molecule has 3 N–H and O–H groups in total. The van der Waals surface area contributed by atoms with Crippen molar-refractivity contribution >= 4 is 41.0 Å². The molecule has 31 heavy (non-hydrogen) atoms. The number of nitrogens with zero attached hydrogens (tertiary/aromatic N) is 3. The summed E-state index contributed by atoms with van der Waals surface area (Å²) in [5.41, 5.74) is 1.31. The number of rotatable bonds is 8. The highest BCUT2D eigenvalue weighted by Gasteiger charge is 2.19. The van der Waals surface area contributed by atoms with Crippen LogP contribution in [0.15, 0.2) is 35.2 Å². The van der Waals surface area contributed by atoms with Gasteiger partial charge < -0.3 is 25.1 Å². The van der Waals surface area contributed by atoms with E-state index in [1.807, 2.05) is 17.8 Å². The number of carbonyl (C=O) groups is 2. The number of halogens is 1. The van der Waals surface area contributed by atoms with E-state index in [0.29, 0.717) is 12.2 Å². The first kappa shape index (κ1) is 25.5. The second-order valence-electron chi connectivity index (χ2n) is 7.22. The lowest BCUT2D eigenvalue weighted by Gasteiger charge is -2.35. The van der Waals surface area contributed by atoms with Crippen molar-refractivity contribution in [1.29, 1.82) is 0 Å². The molecule has 0 amide bonds. The van der Waals surface area contributed by atoms with Crippen molar-refractivity contribution in [2.75, 3.05) is 69.6 Å². The topological polar surface area (TPSA) is 105 Å². The third-order valence-corrected chi connectivity index (χ3v) is 6.31. The summed E-state index contributed by atoms with van der Waals surface area (Å²) in [7, 11) is 0. The number of fused-ring (bicyclic) bond motifs is 1. The van der Waals surface area contributed by atoms with Crippen LogP contribution in [-0.2, 0) is 9.59 Å². The molecular formula is C21H30ClN3O5S. The van der Waals surface area contributed by atoms with Gasteiger partial charge in [0.05, 0.1) is 12.3 Å². The van der Waals surface area contributed by atoms with Crippen molar-refractivity contribution in [3.8, 4) is 0 Å². The Morgan fingerprint density at radius 3 is 2.16 bits per heavy atom. The maximum atomic E-state index is 9.55. The zero-order valence-electron chi connectivity index (χ0n) is 17.5. The normalized spacial score (nSPS) is 17.2. The summed E-state index contributed by atoms with van der Waals surface area (Å²) >= 11 is 8.10. The van der Waals surface area contributed by atoms with Gasteiger partial charge in [-0.05, 0) is 31.2 Å². The first-order valence-electron chi connectivity index (χ1n) is 10.3. The number of thioether (sulfide) groups is 1. The fraction of sp³-hybridized carbons (Fsp3) is 0.524. The van der Waals surface area contributed by atoms with Gasteiger partial charge in [0.25, 0.3) is 0 Å². The van der Waals surface area contributed by atoms with Gasteiger partial charge in [-0.2, -0.15) is 0 Å². The number of benzene rings is 1. The van der Waals surface area contributed by atoms with Crippen LogP contribution < -0.4 is 4.90 Å². The Morgan fingerprint density at radius 1 is 0.968 bits per heavy atom. The Morgan fingerprint density at radius 2 is 1.58 bits per heavy atom. The largest absolute Gasteiger partial charge is 0.478 e. The van der Waals surface area contributed by atoms with Crippen LogP contribution in [0.4, 0.5) is 5.69 Å². The minimum absolute atomic E-state index is 0.273. The number of aliphatic carboxylic acids is 2. The zero-order valence-corrected chi connectivity index (χ0v) is 19.0. The van der Waals surface area contributed by atoms with Crippen LogP contribution in [0.1, 0.15) is 6.42 Å². The van der Waals surface area contributed by atoms with Gasteiger partial charge in [0, 0.05) is 73.6 Å². The number of hydrogen-bond acceptors (Lipinski definition) is 7. The van der Waals surface area contributed by atoms with E-state index >= 15 is 0 Å². The molecule has 2 heterocycles. The SMILES string of the molecule is O=C(O)/C=C\C(=O)O.OCCN1CCN(CCCN2CCSc3ccc(Cl)cc32)CC1. The first-order chi connectivity index (χ1) is 14.9. The quantitative estimate of drug-likeness (QED) is 0.490. The van der Waals surface area contributed by atoms with E-state index < -0.39 is 11.9 Å². The lowest BCUT2D eigenvalue weighted by Crippen LogP contribution is -2.47. The summed E-state index contributed by atoms with van der Waals surface area (Å²) in [6.07, 6.45) is 2.31. The van der Waals surface area contributed by atoms with Crippen molar-refractivity contribution in [3.05, 3.63) is 35.4 Å². The lowest BCUT2D eigenvalue weighted by atomic mass is 10.2. The molecule has 0 spiro atoms. The van der Waals surface area contributed by atoms with Gasteiger partial charge in [0.2, 0.25) is 0 Å². The average Bonchev–Trinajstić information content (AvgIpc) is 2.74. The van der Waals surface area contributed by atoms with Crippen LogP contribution in [0.3, 0.4) is 0 Å². The maximum Gasteiger partial charge on any atom is 0.328 e. The highest BCUT2D eigenvalue weighted by molar-refractivity contribution is 7.99. The number of aliphatic hydroxyl groups is 1. The number of carboxylic acids is 2. The average molecular weight is 472 g/mol. The van der Waals surface area contributed by atoms with Crippen molar-refractivity contribution in [3.63, 3.8) is 0 Å². The smallest absolute Gasteiger partial charge is 0.328 e. The number of piperazine rings is 1. The zero-order chi connectivity index (χ0) is 22.6. The second kappa shape index (κ2) is 13.6. The van der Waals surface area contributed by atoms with Crippen LogP contribution in [-0.4, -0.2) is 102 Å². The molecule has 1 aromatic carbocycles. The van der Waals surface area contributed by atoms with E-state index in [4.69, 9.17) is 26.9 Å². The molecule has 0 bridgehead atoms. The van der Waals surface area contributed by atoms with Crippen LogP contribution >= 0.6 is 23.4 Å². The minimum Gasteiger partial charge on any atom is -0.478 e. The van der Waals surface area contributed by atoms with Crippen molar-refractivity contribution in [2.45, 2.75) is 11.3 Å². The van der Waals surface area contributed by atoms with Crippen LogP contribution in [0, 0.1) is 0 Å². The Kier molecular flexibility index (Phi) is 11.2. The van der Waals surface area contributed by atoms with E-state index in [0.717, 1.165) is 63.1 Å². The minimum atomic E-state index is -1.26. The number of aliphatic hydroxyl groups excluding tert-OH is 1. The maximum absolute atomic E-state index is 9.55.